The number of nitrogens with zero attached hydrogens (tertiary/aromatic N) is 1. The number of hydrogen-bond donors (Lipinski definition) is 1. The van der Waals surface area contributed by atoms with Crippen LogP contribution >= 0.6 is 0 Å². The molecular weight excluding hydrogens is 240 g/mol. The first-order valence-electron chi connectivity index (χ1n) is 6.92. The van der Waals surface area contributed by atoms with Crippen LogP contribution in [0.25, 0.3) is 0 Å². The molecule has 0 radical (unpaired) electrons. The van der Waals surface area contributed by atoms with E-state index in [1.54, 1.807) is 4.90 Å². The second-order valence-corrected chi connectivity index (χ2v) is 4.50. The predicted octanol–water partition coefficient (Wildman–Crippen LogP) is 2.83. The highest BCUT2D eigenvalue weighted by molar-refractivity contribution is 5.93. The van der Waals surface area contributed by atoms with E-state index >= 15 is 0 Å². The van der Waals surface area contributed by atoms with Crippen molar-refractivity contribution >= 4 is 17.3 Å². The summed E-state index contributed by atoms with van der Waals surface area (Å²) in [6, 6.07) is 7.41. The lowest BCUT2D eigenvalue weighted by Gasteiger charge is -2.22. The van der Waals surface area contributed by atoms with Gasteiger partial charge in [-0.25, -0.2) is 0 Å². The number of hydrogen-bond acceptors (Lipinski definition) is 3. The summed E-state index contributed by atoms with van der Waals surface area (Å²) >= 11 is 0. The van der Waals surface area contributed by atoms with Gasteiger partial charge in [-0.1, -0.05) is 13.8 Å². The molecule has 4 nitrogen and oxygen atoms in total. The van der Waals surface area contributed by atoms with Crippen LogP contribution in [-0.2, 0) is 9.53 Å². The molecule has 0 aliphatic carbocycles. The van der Waals surface area contributed by atoms with Gasteiger partial charge in [0.05, 0.1) is 13.0 Å². The Kier molecular flexibility index (Phi) is 6.97. The molecular formula is C15H24N2O2. The van der Waals surface area contributed by atoms with Crippen molar-refractivity contribution in [2.45, 2.75) is 33.1 Å². The highest BCUT2D eigenvalue weighted by Crippen LogP contribution is 2.17. The molecule has 4 heteroatoms. The SMILES string of the molecule is CCCOCCC(=O)N(CCC)c1ccc(N)cc1. The Morgan fingerprint density at radius 3 is 2.42 bits per heavy atom. The number of benzene rings is 1. The molecule has 0 saturated heterocycles. The molecule has 0 atom stereocenters. The molecule has 0 fully saturated rings. The summed E-state index contributed by atoms with van der Waals surface area (Å²) in [5.74, 6) is 0.0997. The number of nitrogens with two attached hydrogens (primary N) is 1. The molecule has 0 aliphatic rings. The number of anilines is 2. The fourth-order valence-electron chi connectivity index (χ4n) is 1.82. The molecule has 0 heterocycles. The highest BCUT2D eigenvalue weighted by Gasteiger charge is 2.14. The van der Waals surface area contributed by atoms with Crippen LogP contribution < -0.4 is 10.6 Å². The van der Waals surface area contributed by atoms with Crippen LogP contribution in [0.4, 0.5) is 11.4 Å². The minimum atomic E-state index is 0.0997. The summed E-state index contributed by atoms with van der Waals surface area (Å²) in [4.78, 5) is 14.0. The van der Waals surface area contributed by atoms with Gasteiger partial charge in [-0.15, -0.1) is 0 Å². The Balaban J connectivity index is 2.60. The summed E-state index contributed by atoms with van der Waals surface area (Å²) in [7, 11) is 0. The number of nitrogen functional groups attached to an aromatic ring is 1. The first-order chi connectivity index (χ1) is 9.19. The zero-order chi connectivity index (χ0) is 14.1. The third kappa shape index (κ3) is 5.30. The minimum absolute atomic E-state index is 0.0997. The van der Waals surface area contributed by atoms with Crippen molar-refractivity contribution in [3.8, 4) is 0 Å². The topological polar surface area (TPSA) is 55.6 Å². The molecule has 1 amide bonds. The van der Waals surface area contributed by atoms with E-state index in [-0.39, 0.29) is 5.91 Å². The lowest BCUT2D eigenvalue weighted by molar-refractivity contribution is -0.119. The quantitative estimate of drug-likeness (QED) is 0.580. The van der Waals surface area contributed by atoms with Crippen molar-refractivity contribution in [1.29, 1.82) is 0 Å². The molecule has 0 aromatic heterocycles. The molecule has 0 saturated carbocycles. The van der Waals surface area contributed by atoms with Crippen molar-refractivity contribution < 1.29 is 9.53 Å². The van der Waals surface area contributed by atoms with Crippen molar-refractivity contribution in [2.24, 2.45) is 0 Å². The van der Waals surface area contributed by atoms with Crippen LogP contribution in [0.1, 0.15) is 33.1 Å². The highest BCUT2D eigenvalue weighted by atomic mass is 16.5. The smallest absolute Gasteiger partial charge is 0.229 e. The molecule has 0 spiro atoms. The van der Waals surface area contributed by atoms with Crippen molar-refractivity contribution in [1.82, 2.24) is 0 Å². The fourth-order valence-corrected chi connectivity index (χ4v) is 1.82. The summed E-state index contributed by atoms with van der Waals surface area (Å²) < 4.78 is 5.37. The van der Waals surface area contributed by atoms with Gasteiger partial charge in [0.25, 0.3) is 0 Å². The van der Waals surface area contributed by atoms with Crippen LogP contribution in [0.5, 0.6) is 0 Å². The second kappa shape index (κ2) is 8.53. The maximum Gasteiger partial charge on any atom is 0.229 e. The van der Waals surface area contributed by atoms with E-state index in [2.05, 4.69) is 13.8 Å². The van der Waals surface area contributed by atoms with Gasteiger partial charge >= 0.3 is 0 Å². The number of carbonyl (C=O) groups is 1. The second-order valence-electron chi connectivity index (χ2n) is 4.50. The summed E-state index contributed by atoms with van der Waals surface area (Å²) in [5.41, 5.74) is 7.27. The minimum Gasteiger partial charge on any atom is -0.399 e. The molecule has 0 bridgehead atoms. The normalized spacial score (nSPS) is 10.4. The summed E-state index contributed by atoms with van der Waals surface area (Å²) in [6.07, 6.45) is 2.32. The Labute approximate surface area is 115 Å². The first kappa shape index (κ1) is 15.5. The van der Waals surface area contributed by atoms with E-state index in [0.717, 1.165) is 25.1 Å². The molecule has 2 N–H and O–H groups in total. The van der Waals surface area contributed by atoms with Gasteiger partial charge in [0.2, 0.25) is 5.91 Å². The van der Waals surface area contributed by atoms with Crippen molar-refractivity contribution in [2.75, 3.05) is 30.4 Å². The Bertz CT molecular complexity index is 376. The predicted molar refractivity (Wildman–Crippen MR) is 79.2 cm³/mol. The van der Waals surface area contributed by atoms with Gasteiger partial charge in [0.1, 0.15) is 0 Å². The zero-order valence-electron chi connectivity index (χ0n) is 11.9. The fraction of sp³-hybridized carbons (Fsp3) is 0.533. The maximum atomic E-state index is 12.2. The average molecular weight is 264 g/mol. The molecule has 1 rings (SSSR count). The third-order valence-electron chi connectivity index (χ3n) is 2.76. The number of carbonyl (C=O) groups excluding carboxylic acids is 1. The van der Waals surface area contributed by atoms with Crippen LogP contribution in [0, 0.1) is 0 Å². The number of ether oxygens (including phenoxy) is 1. The van der Waals surface area contributed by atoms with E-state index in [4.69, 9.17) is 10.5 Å². The standard InChI is InChI=1S/C15H24N2O2/c1-3-10-17(14-7-5-13(16)6-8-14)15(18)9-12-19-11-4-2/h5-8H,3-4,9-12,16H2,1-2H3. The lowest BCUT2D eigenvalue weighted by atomic mass is 10.2. The van der Waals surface area contributed by atoms with Gasteiger partial charge in [0, 0.05) is 24.5 Å². The molecule has 1 aromatic rings. The van der Waals surface area contributed by atoms with Crippen LogP contribution in [0.3, 0.4) is 0 Å². The third-order valence-corrected chi connectivity index (χ3v) is 2.76. The van der Waals surface area contributed by atoms with Crippen LogP contribution in [0.15, 0.2) is 24.3 Å². The largest absolute Gasteiger partial charge is 0.399 e. The van der Waals surface area contributed by atoms with Crippen molar-refractivity contribution in [3.63, 3.8) is 0 Å². The number of amides is 1. The Morgan fingerprint density at radius 2 is 1.84 bits per heavy atom. The zero-order valence-corrected chi connectivity index (χ0v) is 11.9. The van der Waals surface area contributed by atoms with Gasteiger partial charge in [-0.05, 0) is 37.1 Å². The van der Waals surface area contributed by atoms with E-state index in [0.29, 0.717) is 25.3 Å². The maximum absolute atomic E-state index is 12.2. The van der Waals surface area contributed by atoms with E-state index in [1.807, 2.05) is 24.3 Å². The summed E-state index contributed by atoms with van der Waals surface area (Å²) in [6.45, 7) is 6.03. The first-order valence-corrected chi connectivity index (χ1v) is 6.92. The van der Waals surface area contributed by atoms with Gasteiger partial charge in [0.15, 0.2) is 0 Å². The van der Waals surface area contributed by atoms with E-state index in [9.17, 15) is 4.79 Å². The summed E-state index contributed by atoms with van der Waals surface area (Å²) in [5, 5.41) is 0. The van der Waals surface area contributed by atoms with E-state index in [1.165, 1.54) is 0 Å². The van der Waals surface area contributed by atoms with Crippen LogP contribution in [0.2, 0.25) is 0 Å². The average Bonchev–Trinajstić information content (AvgIpc) is 2.42. The monoisotopic (exact) mass is 264 g/mol. The molecule has 19 heavy (non-hydrogen) atoms. The van der Waals surface area contributed by atoms with Gasteiger partial charge in [-0.3, -0.25) is 4.79 Å². The Hall–Kier alpha value is -1.55. The molecule has 106 valence electrons. The van der Waals surface area contributed by atoms with Crippen LogP contribution in [-0.4, -0.2) is 25.7 Å². The molecule has 1 aromatic carbocycles. The van der Waals surface area contributed by atoms with Crippen molar-refractivity contribution in [3.05, 3.63) is 24.3 Å². The van der Waals surface area contributed by atoms with E-state index < -0.39 is 0 Å². The van der Waals surface area contributed by atoms with Gasteiger partial charge < -0.3 is 15.4 Å². The number of rotatable bonds is 8. The Morgan fingerprint density at radius 1 is 1.16 bits per heavy atom. The lowest BCUT2D eigenvalue weighted by Crippen LogP contribution is -2.32. The van der Waals surface area contributed by atoms with Gasteiger partial charge in [-0.2, -0.15) is 0 Å². The molecule has 0 aliphatic heterocycles. The molecule has 0 unspecified atom stereocenters.